The number of anilines is 1. The molecular formula is C25H25BrN2O3. The average molecular weight is 481 g/mol. The lowest BCUT2D eigenvalue weighted by molar-refractivity contribution is 0.0765. The molecule has 2 aliphatic rings. The predicted octanol–water partition coefficient (Wildman–Crippen LogP) is 4.87. The Labute approximate surface area is 190 Å². The van der Waals surface area contributed by atoms with Gasteiger partial charge in [-0.15, -0.1) is 0 Å². The topological polar surface area (TPSA) is 63.6 Å². The number of hydrogen-bond donors (Lipinski definition) is 2. The Morgan fingerprint density at radius 1 is 1.16 bits per heavy atom. The molecule has 5 nitrogen and oxygen atoms in total. The molecule has 3 unspecified atom stereocenters. The van der Waals surface area contributed by atoms with Crippen molar-refractivity contribution in [1.29, 1.82) is 0 Å². The summed E-state index contributed by atoms with van der Waals surface area (Å²) in [7, 11) is 1.67. The number of aromatic nitrogens is 1. The van der Waals surface area contributed by atoms with Gasteiger partial charge in [-0.05, 0) is 69.7 Å². The van der Waals surface area contributed by atoms with Crippen LogP contribution in [0.5, 0.6) is 5.75 Å². The Balaban J connectivity index is 1.32. The molecule has 1 saturated heterocycles. The fraction of sp³-hybridized carbons (Fsp3) is 0.320. The summed E-state index contributed by atoms with van der Waals surface area (Å²) >= 11 is 3.64. The summed E-state index contributed by atoms with van der Waals surface area (Å²) in [6.45, 7) is 1.32. The fourth-order valence-electron chi connectivity index (χ4n) is 4.52. The van der Waals surface area contributed by atoms with Crippen molar-refractivity contribution >= 4 is 32.7 Å². The number of hydrogen-bond acceptors (Lipinski definition) is 5. The van der Waals surface area contributed by atoms with E-state index in [0.29, 0.717) is 19.1 Å². The third kappa shape index (κ3) is 4.33. The van der Waals surface area contributed by atoms with Gasteiger partial charge in [0.05, 0.1) is 35.9 Å². The number of ether oxygens (including phenoxy) is 2. The van der Waals surface area contributed by atoms with Gasteiger partial charge in [0, 0.05) is 17.8 Å². The smallest absolute Gasteiger partial charge is 0.141 e. The van der Waals surface area contributed by atoms with Crippen LogP contribution < -0.4 is 10.1 Å². The number of halogens is 1. The van der Waals surface area contributed by atoms with E-state index in [2.05, 4.69) is 45.5 Å². The zero-order valence-corrected chi connectivity index (χ0v) is 18.9. The van der Waals surface area contributed by atoms with Crippen molar-refractivity contribution in [1.82, 2.24) is 4.98 Å². The highest BCUT2D eigenvalue weighted by atomic mass is 79.9. The van der Waals surface area contributed by atoms with Gasteiger partial charge in [0.25, 0.3) is 0 Å². The number of benzene rings is 2. The van der Waals surface area contributed by atoms with E-state index in [1.807, 2.05) is 30.3 Å². The van der Waals surface area contributed by atoms with Crippen LogP contribution in [0.15, 0.2) is 64.7 Å². The normalized spacial score (nSPS) is 22.4. The lowest BCUT2D eigenvalue weighted by Crippen LogP contribution is -2.20. The average Bonchev–Trinajstić information content (AvgIpc) is 3.32. The maximum absolute atomic E-state index is 9.92. The van der Waals surface area contributed by atoms with E-state index in [1.54, 1.807) is 7.11 Å². The molecule has 0 amide bonds. The van der Waals surface area contributed by atoms with Gasteiger partial charge in [-0.2, -0.15) is 0 Å². The number of aliphatic hydroxyl groups is 1. The molecule has 1 fully saturated rings. The number of rotatable bonds is 6. The van der Waals surface area contributed by atoms with Gasteiger partial charge in [0.15, 0.2) is 0 Å². The third-order valence-electron chi connectivity index (χ3n) is 6.18. The quantitative estimate of drug-likeness (QED) is 0.492. The van der Waals surface area contributed by atoms with Gasteiger partial charge in [-0.1, -0.05) is 30.3 Å². The van der Waals surface area contributed by atoms with Crippen LogP contribution in [0.25, 0.3) is 10.9 Å². The van der Waals surface area contributed by atoms with Gasteiger partial charge >= 0.3 is 0 Å². The summed E-state index contributed by atoms with van der Waals surface area (Å²) < 4.78 is 12.2. The zero-order valence-electron chi connectivity index (χ0n) is 17.3. The third-order valence-corrected chi connectivity index (χ3v) is 6.79. The first kappa shape index (κ1) is 20.5. The van der Waals surface area contributed by atoms with Crippen LogP contribution in [0.2, 0.25) is 0 Å². The van der Waals surface area contributed by atoms with Crippen LogP contribution in [0.3, 0.4) is 0 Å². The van der Waals surface area contributed by atoms with Crippen molar-refractivity contribution in [3.63, 3.8) is 0 Å². The van der Waals surface area contributed by atoms with E-state index >= 15 is 0 Å². The Kier molecular flexibility index (Phi) is 5.69. The molecule has 0 saturated carbocycles. The number of fused-ring (bicyclic) bond motifs is 2. The first-order valence-corrected chi connectivity index (χ1v) is 11.3. The summed E-state index contributed by atoms with van der Waals surface area (Å²) in [5.41, 5.74) is 4.57. The maximum Gasteiger partial charge on any atom is 0.141 e. The highest BCUT2D eigenvalue weighted by molar-refractivity contribution is 9.10. The molecular weight excluding hydrogens is 456 g/mol. The molecule has 2 heterocycles. The number of aliphatic hydroxyl groups excluding tert-OH is 1. The van der Waals surface area contributed by atoms with E-state index in [9.17, 15) is 5.11 Å². The van der Waals surface area contributed by atoms with Gasteiger partial charge in [0.1, 0.15) is 11.6 Å². The molecule has 5 rings (SSSR count). The Bertz CT molecular complexity index is 1130. The molecule has 0 bridgehead atoms. The summed E-state index contributed by atoms with van der Waals surface area (Å²) in [5.74, 6) is 2.01. The summed E-state index contributed by atoms with van der Waals surface area (Å²) in [5, 5.41) is 14.4. The largest absolute Gasteiger partial charge is 0.497 e. The second-order valence-electron chi connectivity index (χ2n) is 8.25. The molecule has 6 heteroatoms. The number of methoxy groups -OCH3 is 1. The fourth-order valence-corrected chi connectivity index (χ4v) is 4.99. The summed E-state index contributed by atoms with van der Waals surface area (Å²) in [6, 6.07) is 16.5. The van der Waals surface area contributed by atoms with Crippen molar-refractivity contribution in [3.8, 4) is 5.75 Å². The van der Waals surface area contributed by atoms with Crippen molar-refractivity contribution in [3.05, 3.63) is 75.8 Å². The van der Waals surface area contributed by atoms with E-state index in [4.69, 9.17) is 14.5 Å². The standard InChI is InChI=1S/C25H25BrN2O3/c1-30-20-6-3-15(4-7-20)13-27-25-22(26)11-17-5-2-16(8-23(17)28-25)9-24-21-12-19(29)10-18(21)14-31-24/h2-8,10-11,19,21,24,29H,9,12-14H2,1H3,(H,27,28). The molecule has 1 aromatic heterocycles. The lowest BCUT2D eigenvalue weighted by Gasteiger charge is -2.17. The second kappa shape index (κ2) is 8.61. The van der Waals surface area contributed by atoms with Gasteiger partial charge in [0.2, 0.25) is 0 Å². The zero-order chi connectivity index (χ0) is 21.4. The van der Waals surface area contributed by atoms with Crippen molar-refractivity contribution < 1.29 is 14.6 Å². The minimum atomic E-state index is -0.318. The molecule has 31 heavy (non-hydrogen) atoms. The predicted molar refractivity (Wildman–Crippen MR) is 125 cm³/mol. The van der Waals surface area contributed by atoms with Crippen molar-refractivity contribution in [2.75, 3.05) is 19.0 Å². The minimum absolute atomic E-state index is 0.129. The molecule has 2 N–H and O–H groups in total. The lowest BCUT2D eigenvalue weighted by atomic mass is 9.92. The van der Waals surface area contributed by atoms with Gasteiger partial charge in [-0.3, -0.25) is 0 Å². The first-order chi connectivity index (χ1) is 15.1. The Hall–Kier alpha value is -2.41. The van der Waals surface area contributed by atoms with Crippen molar-refractivity contribution in [2.45, 2.75) is 31.6 Å². The monoisotopic (exact) mass is 480 g/mol. The Morgan fingerprint density at radius 2 is 1.97 bits per heavy atom. The molecule has 1 aliphatic heterocycles. The molecule has 160 valence electrons. The molecule has 3 atom stereocenters. The van der Waals surface area contributed by atoms with Crippen LogP contribution in [-0.4, -0.2) is 36.0 Å². The molecule has 3 aromatic rings. The van der Waals surface area contributed by atoms with E-state index in [-0.39, 0.29) is 12.2 Å². The summed E-state index contributed by atoms with van der Waals surface area (Å²) in [4.78, 5) is 4.86. The second-order valence-corrected chi connectivity index (χ2v) is 9.11. The van der Waals surface area contributed by atoms with Crippen LogP contribution in [-0.2, 0) is 17.7 Å². The maximum atomic E-state index is 9.92. The number of pyridine rings is 1. The molecule has 1 aliphatic carbocycles. The van der Waals surface area contributed by atoms with E-state index in [0.717, 1.165) is 45.3 Å². The highest BCUT2D eigenvalue weighted by Crippen LogP contribution is 2.38. The van der Waals surface area contributed by atoms with Crippen LogP contribution >= 0.6 is 15.9 Å². The highest BCUT2D eigenvalue weighted by Gasteiger charge is 2.37. The van der Waals surface area contributed by atoms with E-state index < -0.39 is 0 Å². The molecule has 0 radical (unpaired) electrons. The Morgan fingerprint density at radius 3 is 2.77 bits per heavy atom. The van der Waals surface area contributed by atoms with Gasteiger partial charge < -0.3 is 19.9 Å². The van der Waals surface area contributed by atoms with E-state index in [1.165, 1.54) is 11.1 Å². The first-order valence-electron chi connectivity index (χ1n) is 10.6. The SMILES string of the molecule is COc1ccc(CNc2nc3cc(CC4OCC5=CC(O)CC54)ccc3cc2Br)cc1. The van der Waals surface area contributed by atoms with Crippen LogP contribution in [0.4, 0.5) is 5.82 Å². The number of nitrogens with zero attached hydrogens (tertiary/aromatic N) is 1. The van der Waals surface area contributed by atoms with Crippen molar-refractivity contribution in [2.24, 2.45) is 5.92 Å². The summed E-state index contributed by atoms with van der Waals surface area (Å²) in [6.07, 6.45) is 3.38. The van der Waals surface area contributed by atoms with Crippen LogP contribution in [0, 0.1) is 5.92 Å². The molecule has 2 aromatic carbocycles. The minimum Gasteiger partial charge on any atom is -0.497 e. The van der Waals surface area contributed by atoms with Gasteiger partial charge in [-0.25, -0.2) is 4.98 Å². The molecule has 0 spiro atoms. The van der Waals surface area contributed by atoms with Crippen LogP contribution in [0.1, 0.15) is 17.5 Å². The number of nitrogens with one attached hydrogen (secondary N) is 1.